The summed E-state index contributed by atoms with van der Waals surface area (Å²) >= 11 is 14.0. The maximum Gasteiger partial charge on any atom is 0.304 e. The topological polar surface area (TPSA) is 128 Å². The predicted molar refractivity (Wildman–Crippen MR) is 178 cm³/mol. The zero-order valence-corrected chi connectivity index (χ0v) is 30.6. The smallest absolute Gasteiger partial charge is 0.304 e. The third kappa shape index (κ3) is 7.83. The number of piperidine rings is 2. The van der Waals surface area contributed by atoms with Crippen molar-refractivity contribution in [3.8, 4) is 0 Å². The molecule has 0 amide bonds. The molecule has 244 valence electrons. The summed E-state index contributed by atoms with van der Waals surface area (Å²) in [7, 11) is -7.34. The van der Waals surface area contributed by atoms with Crippen molar-refractivity contribution in [3.63, 3.8) is 0 Å². The molecular weight excluding hydrogens is 780 g/mol. The molecule has 2 aromatic heterocycles. The summed E-state index contributed by atoms with van der Waals surface area (Å²) in [6, 6.07) is 2.65. The van der Waals surface area contributed by atoms with Crippen LogP contribution in [-0.4, -0.2) is 80.3 Å². The monoisotopic (exact) mass is 814 g/mol. The van der Waals surface area contributed by atoms with Gasteiger partial charge in [-0.2, -0.15) is 8.61 Å². The zero-order chi connectivity index (χ0) is 31.6. The van der Waals surface area contributed by atoms with E-state index >= 15 is 0 Å². The predicted octanol–water partition coefficient (Wildman–Crippen LogP) is 6.44. The minimum Gasteiger partial charge on any atom is -0.481 e. The van der Waals surface area contributed by atoms with Crippen LogP contribution < -0.4 is 4.90 Å². The van der Waals surface area contributed by atoms with Gasteiger partial charge in [-0.05, 0) is 94.4 Å². The first kappa shape index (κ1) is 34.5. The highest BCUT2D eigenvalue weighted by Crippen LogP contribution is 2.38. The Morgan fingerprint density at radius 3 is 2.14 bits per heavy atom. The van der Waals surface area contributed by atoms with E-state index < -0.39 is 32.1 Å². The van der Waals surface area contributed by atoms with Crippen molar-refractivity contribution in [1.29, 1.82) is 0 Å². The Labute approximate surface area is 285 Å². The van der Waals surface area contributed by atoms with E-state index in [1.807, 2.05) is 0 Å². The standard InChI is InChI=1S/C28H37Br2ClN4O6S3/c29-23-17-26(42-27(23)31)44(40,41)34-13-8-20(9-14-34)4-1-3-19-6-11-33(12-7-19)28-24(30)16-22(18-32-28)43(38,39)35-10-2-5-21(35)15-25(36)37/h16-21H,1-15H2,(H,36,37)/t21-/m0/s1. The lowest BCUT2D eigenvalue weighted by Crippen LogP contribution is -2.38. The summed E-state index contributed by atoms with van der Waals surface area (Å²) in [5, 5.41) is 9.18. The summed E-state index contributed by atoms with van der Waals surface area (Å²) in [6.45, 7) is 3.09. The molecule has 0 spiro atoms. The van der Waals surface area contributed by atoms with Gasteiger partial charge in [-0.1, -0.05) is 30.9 Å². The normalized spacial score (nSPS) is 21.7. The van der Waals surface area contributed by atoms with E-state index in [0.29, 0.717) is 57.6 Å². The third-order valence-corrected chi connectivity index (χ3v) is 16.4. The van der Waals surface area contributed by atoms with Crippen molar-refractivity contribution in [3.05, 3.63) is 31.6 Å². The summed E-state index contributed by atoms with van der Waals surface area (Å²) in [6.07, 6.45) is 9.59. The SMILES string of the molecule is O=C(O)C[C@@H]1CCCN1S(=O)(=O)c1cnc(N2CCC(CCCC3CCN(S(=O)(=O)c4cc(Br)c(Cl)s4)CC3)CC2)c(Br)c1. The minimum absolute atomic E-state index is 0.0766. The molecule has 3 aliphatic rings. The molecule has 0 unspecified atom stereocenters. The van der Waals surface area contributed by atoms with Crippen molar-refractivity contribution < 1.29 is 26.7 Å². The van der Waals surface area contributed by atoms with E-state index in [1.54, 1.807) is 16.4 Å². The Hall–Kier alpha value is -0.810. The van der Waals surface area contributed by atoms with E-state index in [2.05, 4.69) is 41.7 Å². The Bertz CT molecular complexity index is 1540. The molecule has 0 aromatic carbocycles. The summed E-state index contributed by atoms with van der Waals surface area (Å²) in [4.78, 5) is 18.0. The van der Waals surface area contributed by atoms with E-state index in [-0.39, 0.29) is 15.5 Å². The zero-order valence-electron chi connectivity index (χ0n) is 24.2. The van der Waals surface area contributed by atoms with Crippen molar-refractivity contribution in [1.82, 2.24) is 13.6 Å². The van der Waals surface area contributed by atoms with Crippen LogP contribution >= 0.6 is 54.8 Å². The molecule has 16 heteroatoms. The molecule has 3 aliphatic heterocycles. The quantitative estimate of drug-likeness (QED) is 0.275. The second kappa shape index (κ2) is 14.5. The first-order valence-corrected chi connectivity index (χ1v) is 20.6. The van der Waals surface area contributed by atoms with Crippen LogP contribution in [0.25, 0.3) is 0 Å². The van der Waals surface area contributed by atoms with Crippen LogP contribution in [0.15, 0.2) is 36.4 Å². The Morgan fingerprint density at radius 1 is 0.932 bits per heavy atom. The van der Waals surface area contributed by atoms with Gasteiger partial charge in [0.2, 0.25) is 10.0 Å². The van der Waals surface area contributed by atoms with Crippen LogP contribution in [0, 0.1) is 11.8 Å². The number of halogens is 3. The van der Waals surface area contributed by atoms with Crippen molar-refractivity contribution >= 4 is 86.6 Å². The number of hydrogen-bond donors (Lipinski definition) is 1. The number of sulfonamides is 2. The number of rotatable bonds is 11. The van der Waals surface area contributed by atoms with Crippen LogP contribution in [0.4, 0.5) is 5.82 Å². The van der Waals surface area contributed by atoms with Gasteiger partial charge in [0.25, 0.3) is 10.0 Å². The number of carboxylic acid groups (broad SMARTS) is 1. The van der Waals surface area contributed by atoms with Crippen molar-refractivity contribution in [2.75, 3.05) is 37.6 Å². The van der Waals surface area contributed by atoms with E-state index in [4.69, 9.17) is 11.6 Å². The number of carbonyl (C=O) groups is 1. The maximum atomic E-state index is 13.3. The first-order chi connectivity index (χ1) is 20.9. The summed E-state index contributed by atoms with van der Waals surface area (Å²) in [5.41, 5.74) is 0. The molecule has 0 saturated carbocycles. The van der Waals surface area contributed by atoms with Gasteiger partial charge in [-0.15, -0.1) is 11.3 Å². The molecule has 2 aromatic rings. The first-order valence-electron chi connectivity index (χ1n) is 15.0. The summed E-state index contributed by atoms with van der Waals surface area (Å²) in [5.74, 6) is 0.882. The highest BCUT2D eigenvalue weighted by molar-refractivity contribution is 9.11. The lowest BCUT2D eigenvalue weighted by Gasteiger charge is -2.34. The van der Waals surface area contributed by atoms with E-state index in [9.17, 15) is 26.7 Å². The fraction of sp³-hybridized carbons (Fsp3) is 0.643. The van der Waals surface area contributed by atoms with Gasteiger partial charge < -0.3 is 10.0 Å². The highest BCUT2D eigenvalue weighted by Gasteiger charge is 2.37. The fourth-order valence-corrected chi connectivity index (χ4v) is 12.9. The molecule has 0 aliphatic carbocycles. The van der Waals surface area contributed by atoms with Gasteiger partial charge in [0.15, 0.2) is 0 Å². The average Bonchev–Trinajstić information content (AvgIpc) is 3.60. The molecule has 0 bridgehead atoms. The Morgan fingerprint density at radius 2 is 1.57 bits per heavy atom. The van der Waals surface area contributed by atoms with Crippen molar-refractivity contribution in [2.45, 2.75) is 79.4 Å². The molecule has 0 radical (unpaired) electrons. The third-order valence-electron chi connectivity index (χ3n) is 9.07. The van der Waals surface area contributed by atoms with Crippen molar-refractivity contribution in [2.24, 2.45) is 11.8 Å². The van der Waals surface area contributed by atoms with Crippen LogP contribution in [0.1, 0.15) is 64.2 Å². The Kier molecular flexibility index (Phi) is 11.4. The number of aromatic nitrogens is 1. The second-order valence-corrected chi connectivity index (χ2v) is 19.3. The maximum absolute atomic E-state index is 13.3. The largest absolute Gasteiger partial charge is 0.481 e. The lowest BCUT2D eigenvalue weighted by molar-refractivity contribution is -0.137. The van der Waals surface area contributed by atoms with Gasteiger partial charge in [0.1, 0.15) is 19.3 Å². The summed E-state index contributed by atoms with van der Waals surface area (Å²) < 4.78 is 57.4. The molecule has 5 rings (SSSR count). The number of nitrogens with zero attached hydrogens (tertiary/aromatic N) is 4. The molecule has 10 nitrogen and oxygen atoms in total. The van der Waals surface area contributed by atoms with Gasteiger partial charge >= 0.3 is 5.97 Å². The Balaban J connectivity index is 1.06. The van der Waals surface area contributed by atoms with Gasteiger partial charge in [-0.25, -0.2) is 21.8 Å². The number of anilines is 1. The molecule has 5 heterocycles. The number of aliphatic carboxylic acids is 1. The number of hydrogen-bond acceptors (Lipinski definition) is 8. The second-order valence-electron chi connectivity index (χ2n) is 11.9. The number of pyridine rings is 1. The highest BCUT2D eigenvalue weighted by atomic mass is 79.9. The van der Waals surface area contributed by atoms with E-state index in [1.165, 1.54) is 10.5 Å². The minimum atomic E-state index is -3.84. The van der Waals surface area contributed by atoms with Gasteiger partial charge in [0, 0.05) is 49.4 Å². The van der Waals surface area contributed by atoms with Crippen LogP contribution in [-0.2, 0) is 24.8 Å². The molecule has 1 atom stereocenters. The van der Waals surface area contributed by atoms with Crippen LogP contribution in [0.3, 0.4) is 0 Å². The molecule has 44 heavy (non-hydrogen) atoms. The fourth-order valence-electron chi connectivity index (χ4n) is 6.60. The number of carboxylic acids is 1. The molecular formula is C28H37Br2ClN4O6S3. The van der Waals surface area contributed by atoms with Gasteiger partial charge in [-0.3, -0.25) is 4.79 Å². The molecule has 1 N–H and O–H groups in total. The average molecular weight is 817 g/mol. The molecule has 3 fully saturated rings. The van der Waals surface area contributed by atoms with Crippen LogP contribution in [0.2, 0.25) is 4.34 Å². The molecule has 3 saturated heterocycles. The van der Waals surface area contributed by atoms with Gasteiger partial charge in [0.05, 0.1) is 10.9 Å². The lowest BCUT2D eigenvalue weighted by atomic mass is 9.87. The van der Waals surface area contributed by atoms with E-state index in [0.717, 1.165) is 75.2 Å². The van der Waals surface area contributed by atoms with Crippen LogP contribution in [0.5, 0.6) is 0 Å². The number of thiophene rings is 1.